The summed E-state index contributed by atoms with van der Waals surface area (Å²) in [7, 11) is -2.32. The molecule has 2 aromatic heterocycles. The summed E-state index contributed by atoms with van der Waals surface area (Å²) in [5.41, 5.74) is 1.20. The van der Waals surface area contributed by atoms with Gasteiger partial charge in [0.2, 0.25) is 0 Å². The van der Waals surface area contributed by atoms with Crippen molar-refractivity contribution in [2.75, 3.05) is 16.7 Å². The molecule has 0 radical (unpaired) electrons. The van der Waals surface area contributed by atoms with Gasteiger partial charge in [0.25, 0.3) is 21.8 Å². The second kappa shape index (κ2) is 8.91. The maximum Gasteiger partial charge on any atom is 0.322 e. The quantitative estimate of drug-likeness (QED) is 0.384. The first-order valence-electron chi connectivity index (χ1n) is 9.00. The molecular weight excluding hydrogens is 495 g/mol. The van der Waals surface area contributed by atoms with Crippen molar-refractivity contribution in [1.29, 1.82) is 0 Å². The number of aromatic nitrogens is 2. The van der Waals surface area contributed by atoms with Crippen LogP contribution >= 0.6 is 34.5 Å². The van der Waals surface area contributed by atoms with Crippen molar-refractivity contribution in [3.63, 3.8) is 0 Å². The zero-order valence-electron chi connectivity index (χ0n) is 16.3. The van der Waals surface area contributed by atoms with Gasteiger partial charge in [-0.25, -0.2) is 8.42 Å². The third-order valence-corrected chi connectivity index (χ3v) is 7.71. The molecule has 4 aromatic rings. The number of halogens is 2. The Bertz CT molecular complexity index is 1370. The van der Waals surface area contributed by atoms with E-state index in [1.54, 1.807) is 36.4 Å². The zero-order chi connectivity index (χ0) is 22.9. The number of para-hydroxylation sites is 1. The van der Waals surface area contributed by atoms with Gasteiger partial charge in [-0.3, -0.25) is 14.4 Å². The number of carbonyl (C=O) groups is 1. The smallest absolute Gasteiger partial charge is 0.322 e. The fraction of sp³-hybridized carbons (Fsp3) is 0.0500. The number of hydrogen-bond acceptors (Lipinski definition) is 7. The number of hydrogen-bond donors (Lipinski definition) is 1. The van der Waals surface area contributed by atoms with Gasteiger partial charge in [0.15, 0.2) is 0 Å². The number of sulfonamides is 1. The fourth-order valence-corrected chi connectivity index (χ4v) is 5.39. The Kier molecular flexibility index (Phi) is 6.20. The Balaban J connectivity index is 1.49. The Hall–Kier alpha value is -2.92. The summed E-state index contributed by atoms with van der Waals surface area (Å²) in [5.74, 6) is -0.436. The molecule has 32 heavy (non-hydrogen) atoms. The molecule has 4 rings (SSSR count). The molecule has 0 bridgehead atoms. The third kappa shape index (κ3) is 4.49. The van der Waals surface area contributed by atoms with Gasteiger partial charge in [0, 0.05) is 12.6 Å². The maximum atomic E-state index is 12.8. The molecule has 1 N–H and O–H groups in total. The second-order valence-corrected chi connectivity index (χ2v) is 10.7. The van der Waals surface area contributed by atoms with E-state index in [1.165, 1.54) is 35.6 Å². The molecule has 1 amide bonds. The number of amides is 1. The molecule has 0 unspecified atom stereocenters. The number of anilines is 2. The van der Waals surface area contributed by atoms with Gasteiger partial charge in [-0.2, -0.15) is 0 Å². The fourth-order valence-electron chi connectivity index (χ4n) is 2.75. The van der Waals surface area contributed by atoms with E-state index in [2.05, 4.69) is 15.5 Å². The lowest BCUT2D eigenvalue weighted by atomic mass is 10.2. The van der Waals surface area contributed by atoms with Gasteiger partial charge in [0.05, 0.1) is 20.5 Å². The monoisotopic (exact) mass is 508 g/mol. The molecule has 12 heteroatoms. The van der Waals surface area contributed by atoms with E-state index >= 15 is 0 Å². The topological polar surface area (TPSA) is 105 Å². The zero-order valence-corrected chi connectivity index (χ0v) is 19.5. The predicted molar refractivity (Wildman–Crippen MR) is 124 cm³/mol. The first-order chi connectivity index (χ1) is 15.3. The predicted octanol–water partition coefficient (Wildman–Crippen LogP) is 5.18. The highest BCUT2D eigenvalue weighted by molar-refractivity contribution is 7.92. The van der Waals surface area contributed by atoms with Crippen LogP contribution in [0.2, 0.25) is 8.67 Å². The Morgan fingerprint density at radius 2 is 1.75 bits per heavy atom. The molecule has 2 aromatic carbocycles. The molecular formula is C20H14Cl2N4O4S2. The Morgan fingerprint density at radius 1 is 1.06 bits per heavy atom. The molecule has 0 aliphatic rings. The van der Waals surface area contributed by atoms with Crippen LogP contribution in [0.15, 0.2) is 70.0 Å². The van der Waals surface area contributed by atoms with E-state index in [1.807, 2.05) is 0 Å². The molecule has 0 saturated carbocycles. The summed E-state index contributed by atoms with van der Waals surface area (Å²) in [4.78, 5) is 12.5. The molecule has 2 heterocycles. The second-order valence-electron chi connectivity index (χ2n) is 6.44. The van der Waals surface area contributed by atoms with Crippen molar-refractivity contribution in [2.45, 2.75) is 4.90 Å². The van der Waals surface area contributed by atoms with Crippen molar-refractivity contribution in [1.82, 2.24) is 10.2 Å². The molecule has 0 fully saturated rings. The van der Waals surface area contributed by atoms with Crippen LogP contribution in [0.1, 0.15) is 10.4 Å². The lowest BCUT2D eigenvalue weighted by Crippen LogP contribution is -2.26. The SMILES string of the molecule is CN(c1ccccc1)S(=O)(=O)c1ccc(C(=O)Nc2nnc(-c3cc(Cl)sc3Cl)o2)cc1. The summed E-state index contributed by atoms with van der Waals surface area (Å²) < 4.78 is 33.1. The highest BCUT2D eigenvalue weighted by atomic mass is 35.5. The highest BCUT2D eigenvalue weighted by Gasteiger charge is 2.22. The Labute approximate surface area is 197 Å². The van der Waals surface area contributed by atoms with Gasteiger partial charge in [0.1, 0.15) is 4.34 Å². The number of rotatable bonds is 6. The number of nitrogens with one attached hydrogen (secondary N) is 1. The standard InChI is InChI=1S/C20H14Cl2N4O4S2/c1-26(13-5-3-2-4-6-13)32(28,29)14-9-7-12(8-10-14)18(27)23-20-25-24-19(30-20)15-11-16(21)31-17(15)22/h2-11H,1H3,(H,23,25,27). The van der Waals surface area contributed by atoms with Crippen LogP contribution in [-0.2, 0) is 10.0 Å². The minimum absolute atomic E-state index is 0.0458. The number of nitrogens with zero attached hydrogens (tertiary/aromatic N) is 3. The Morgan fingerprint density at radius 3 is 2.38 bits per heavy atom. The van der Waals surface area contributed by atoms with Crippen molar-refractivity contribution in [3.05, 3.63) is 74.9 Å². The highest BCUT2D eigenvalue weighted by Crippen LogP contribution is 2.37. The summed E-state index contributed by atoms with van der Waals surface area (Å²) in [6.45, 7) is 0. The van der Waals surface area contributed by atoms with Gasteiger partial charge in [-0.1, -0.05) is 46.5 Å². The van der Waals surface area contributed by atoms with Gasteiger partial charge in [-0.15, -0.1) is 16.4 Å². The van der Waals surface area contributed by atoms with E-state index in [0.29, 0.717) is 19.9 Å². The van der Waals surface area contributed by atoms with Crippen molar-refractivity contribution >= 4 is 62.2 Å². The van der Waals surface area contributed by atoms with Crippen molar-refractivity contribution < 1.29 is 17.6 Å². The number of carbonyl (C=O) groups excluding carboxylic acids is 1. The largest absolute Gasteiger partial charge is 0.403 e. The van der Waals surface area contributed by atoms with Gasteiger partial charge >= 0.3 is 6.01 Å². The average Bonchev–Trinajstić information content (AvgIpc) is 3.39. The molecule has 0 saturated heterocycles. The molecule has 8 nitrogen and oxygen atoms in total. The normalized spacial score (nSPS) is 11.3. The van der Waals surface area contributed by atoms with Crippen molar-refractivity contribution in [3.8, 4) is 11.5 Å². The summed E-state index contributed by atoms with van der Waals surface area (Å²) in [5, 5.41) is 10.1. The van der Waals surface area contributed by atoms with Crippen LogP contribution in [0.25, 0.3) is 11.5 Å². The lowest BCUT2D eigenvalue weighted by molar-refractivity contribution is 0.102. The summed E-state index contributed by atoms with van der Waals surface area (Å²) >= 11 is 13.1. The molecule has 0 spiro atoms. The molecule has 0 aliphatic carbocycles. The number of benzene rings is 2. The van der Waals surface area contributed by atoms with E-state index in [-0.39, 0.29) is 22.4 Å². The van der Waals surface area contributed by atoms with Gasteiger partial charge < -0.3 is 4.42 Å². The molecule has 0 aliphatic heterocycles. The minimum atomic E-state index is -3.78. The van der Waals surface area contributed by atoms with Crippen LogP contribution in [0.4, 0.5) is 11.7 Å². The van der Waals surface area contributed by atoms with Crippen LogP contribution in [0, 0.1) is 0 Å². The first kappa shape index (κ1) is 22.3. The molecule has 0 atom stereocenters. The van der Waals surface area contributed by atoms with E-state index in [0.717, 1.165) is 11.3 Å². The van der Waals surface area contributed by atoms with Crippen LogP contribution in [-0.4, -0.2) is 31.6 Å². The lowest BCUT2D eigenvalue weighted by Gasteiger charge is -2.19. The van der Waals surface area contributed by atoms with Crippen LogP contribution < -0.4 is 9.62 Å². The number of thiophene rings is 1. The maximum absolute atomic E-state index is 12.8. The third-order valence-electron chi connectivity index (χ3n) is 4.43. The van der Waals surface area contributed by atoms with Crippen LogP contribution in [0.3, 0.4) is 0 Å². The van der Waals surface area contributed by atoms with E-state index in [4.69, 9.17) is 27.6 Å². The average molecular weight is 509 g/mol. The van der Waals surface area contributed by atoms with Crippen molar-refractivity contribution in [2.24, 2.45) is 0 Å². The van der Waals surface area contributed by atoms with Gasteiger partial charge in [-0.05, 0) is 42.5 Å². The first-order valence-corrected chi connectivity index (χ1v) is 12.0. The van der Waals surface area contributed by atoms with Crippen LogP contribution in [0.5, 0.6) is 0 Å². The summed E-state index contributed by atoms with van der Waals surface area (Å²) in [6, 6.07) is 15.6. The van der Waals surface area contributed by atoms with E-state index in [9.17, 15) is 13.2 Å². The molecule has 164 valence electrons. The van der Waals surface area contributed by atoms with E-state index < -0.39 is 15.9 Å². The summed E-state index contributed by atoms with van der Waals surface area (Å²) in [6.07, 6.45) is 0. The minimum Gasteiger partial charge on any atom is -0.403 e.